The van der Waals surface area contributed by atoms with Gasteiger partial charge in [0.1, 0.15) is 5.82 Å². The van der Waals surface area contributed by atoms with Crippen LogP contribution in [-0.4, -0.2) is 36.2 Å². The smallest absolute Gasteiger partial charge is 0.226 e. The normalized spacial score (nSPS) is 10.8. The molecule has 0 unspecified atom stereocenters. The summed E-state index contributed by atoms with van der Waals surface area (Å²) in [5, 5.41) is 7.49. The Morgan fingerprint density at radius 2 is 1.93 bits per heavy atom. The van der Waals surface area contributed by atoms with E-state index in [1.165, 1.54) is 6.07 Å². The number of nitrogens with zero attached hydrogens (tertiary/aromatic N) is 3. The lowest BCUT2D eigenvalue weighted by Gasteiger charge is -2.19. The number of hydrogen-bond donors (Lipinski definition) is 1. The molecule has 0 saturated carbocycles. The van der Waals surface area contributed by atoms with Crippen LogP contribution < -0.4 is 10.2 Å². The van der Waals surface area contributed by atoms with E-state index in [0.29, 0.717) is 54.8 Å². The van der Waals surface area contributed by atoms with E-state index in [9.17, 15) is 9.18 Å². The molecular weight excluding hydrogens is 407 g/mol. The first-order valence-corrected chi connectivity index (χ1v) is 10.2. The van der Waals surface area contributed by atoms with E-state index in [2.05, 4.69) is 15.5 Å². The number of hydrogen-bond acceptors (Lipinski definition) is 5. The molecule has 0 saturated heterocycles. The molecule has 8 heteroatoms. The molecule has 0 aliphatic rings. The highest BCUT2D eigenvalue weighted by molar-refractivity contribution is 6.30. The molecule has 30 heavy (non-hydrogen) atoms. The second-order valence-electron chi connectivity index (χ2n) is 6.95. The Morgan fingerprint density at radius 1 is 1.17 bits per heavy atom. The van der Waals surface area contributed by atoms with Crippen LogP contribution in [-0.2, 0) is 11.2 Å². The molecule has 2 aromatic carbocycles. The predicted molar refractivity (Wildman–Crippen MR) is 115 cm³/mol. The summed E-state index contributed by atoms with van der Waals surface area (Å²) in [7, 11) is 1.84. The van der Waals surface area contributed by atoms with Gasteiger partial charge in [-0.3, -0.25) is 4.79 Å². The minimum Gasteiger partial charge on any atom is -0.372 e. The molecule has 0 aliphatic carbocycles. The number of carbonyl (C=O) groups excluding carboxylic acids is 1. The Morgan fingerprint density at radius 3 is 2.70 bits per heavy atom. The summed E-state index contributed by atoms with van der Waals surface area (Å²) in [6.07, 6.45) is 2.25. The fourth-order valence-electron chi connectivity index (χ4n) is 2.99. The third kappa shape index (κ3) is 6.29. The van der Waals surface area contributed by atoms with Crippen LogP contribution in [0.25, 0.3) is 11.4 Å². The fraction of sp³-hybridized carbons (Fsp3) is 0.318. The average molecular weight is 431 g/mol. The molecule has 0 fully saturated rings. The SMILES string of the molecule is CN(CCCNC(=O)CCCc1nc(-c2ccc(Cl)cc2)no1)c1ccccc1F. The summed E-state index contributed by atoms with van der Waals surface area (Å²) in [6, 6.07) is 13.8. The number of anilines is 1. The highest BCUT2D eigenvalue weighted by Crippen LogP contribution is 2.19. The van der Waals surface area contributed by atoms with Crippen molar-refractivity contribution in [3.63, 3.8) is 0 Å². The van der Waals surface area contributed by atoms with Crippen molar-refractivity contribution in [3.8, 4) is 11.4 Å². The average Bonchev–Trinajstić information content (AvgIpc) is 3.21. The summed E-state index contributed by atoms with van der Waals surface area (Å²) in [4.78, 5) is 18.2. The van der Waals surface area contributed by atoms with Crippen molar-refractivity contribution in [1.29, 1.82) is 0 Å². The molecule has 1 aromatic heterocycles. The van der Waals surface area contributed by atoms with Crippen molar-refractivity contribution in [2.75, 3.05) is 25.0 Å². The van der Waals surface area contributed by atoms with E-state index in [1.807, 2.05) is 24.1 Å². The van der Waals surface area contributed by atoms with Crippen LogP contribution in [0.2, 0.25) is 5.02 Å². The summed E-state index contributed by atoms with van der Waals surface area (Å²) in [6.45, 7) is 1.19. The van der Waals surface area contributed by atoms with Gasteiger partial charge in [-0.1, -0.05) is 28.9 Å². The Balaban J connectivity index is 1.32. The quantitative estimate of drug-likeness (QED) is 0.480. The third-order valence-corrected chi connectivity index (χ3v) is 4.87. The van der Waals surface area contributed by atoms with Crippen LogP contribution in [0, 0.1) is 5.82 Å². The first-order chi connectivity index (χ1) is 14.5. The number of nitrogens with one attached hydrogen (secondary N) is 1. The van der Waals surface area contributed by atoms with E-state index in [4.69, 9.17) is 16.1 Å². The number of aryl methyl sites for hydroxylation is 1. The van der Waals surface area contributed by atoms with Gasteiger partial charge in [0.05, 0.1) is 5.69 Å². The van der Waals surface area contributed by atoms with E-state index in [-0.39, 0.29) is 11.7 Å². The van der Waals surface area contributed by atoms with Gasteiger partial charge in [-0.05, 0) is 49.2 Å². The van der Waals surface area contributed by atoms with Gasteiger partial charge >= 0.3 is 0 Å². The molecule has 0 aliphatic heterocycles. The zero-order valence-corrected chi connectivity index (χ0v) is 17.5. The maximum Gasteiger partial charge on any atom is 0.226 e. The molecule has 0 spiro atoms. The second-order valence-corrected chi connectivity index (χ2v) is 7.39. The van der Waals surface area contributed by atoms with Gasteiger partial charge in [-0.15, -0.1) is 0 Å². The number of para-hydroxylation sites is 1. The Kier molecular flexibility index (Phi) is 7.79. The van der Waals surface area contributed by atoms with Crippen molar-refractivity contribution in [3.05, 3.63) is 65.3 Å². The maximum absolute atomic E-state index is 13.7. The van der Waals surface area contributed by atoms with Gasteiger partial charge in [0.2, 0.25) is 17.6 Å². The second kappa shape index (κ2) is 10.7. The zero-order chi connectivity index (χ0) is 21.3. The molecule has 1 amide bonds. The van der Waals surface area contributed by atoms with Gasteiger partial charge < -0.3 is 14.7 Å². The fourth-order valence-corrected chi connectivity index (χ4v) is 3.11. The number of carbonyl (C=O) groups is 1. The van der Waals surface area contributed by atoms with Crippen LogP contribution in [0.15, 0.2) is 53.1 Å². The molecule has 158 valence electrons. The summed E-state index contributed by atoms with van der Waals surface area (Å²) < 4.78 is 19.0. The highest BCUT2D eigenvalue weighted by Gasteiger charge is 2.10. The van der Waals surface area contributed by atoms with Gasteiger partial charge in [-0.25, -0.2) is 4.39 Å². The Labute approximate surface area is 180 Å². The summed E-state index contributed by atoms with van der Waals surface area (Å²) >= 11 is 5.88. The molecule has 6 nitrogen and oxygen atoms in total. The predicted octanol–water partition coefficient (Wildman–Crippen LogP) is 4.49. The first-order valence-electron chi connectivity index (χ1n) is 9.84. The van der Waals surface area contributed by atoms with E-state index in [1.54, 1.807) is 30.3 Å². The van der Waals surface area contributed by atoms with Gasteiger partial charge in [0.15, 0.2) is 0 Å². The lowest BCUT2D eigenvalue weighted by molar-refractivity contribution is -0.121. The molecule has 3 aromatic rings. The van der Waals surface area contributed by atoms with Crippen molar-refractivity contribution in [2.24, 2.45) is 0 Å². The Hall–Kier alpha value is -2.93. The molecule has 0 atom stereocenters. The van der Waals surface area contributed by atoms with Crippen LogP contribution >= 0.6 is 11.6 Å². The van der Waals surface area contributed by atoms with Crippen LogP contribution in [0.1, 0.15) is 25.2 Å². The minimum atomic E-state index is -0.246. The summed E-state index contributed by atoms with van der Waals surface area (Å²) in [5.74, 6) is 0.731. The van der Waals surface area contributed by atoms with Crippen LogP contribution in [0.5, 0.6) is 0 Å². The Bertz CT molecular complexity index is 962. The van der Waals surface area contributed by atoms with Crippen molar-refractivity contribution < 1.29 is 13.7 Å². The van der Waals surface area contributed by atoms with E-state index >= 15 is 0 Å². The lowest BCUT2D eigenvalue weighted by atomic mass is 10.2. The van der Waals surface area contributed by atoms with E-state index < -0.39 is 0 Å². The van der Waals surface area contributed by atoms with Crippen LogP contribution in [0.3, 0.4) is 0 Å². The number of rotatable bonds is 10. The van der Waals surface area contributed by atoms with Gasteiger partial charge in [0.25, 0.3) is 0 Å². The largest absolute Gasteiger partial charge is 0.372 e. The maximum atomic E-state index is 13.7. The summed E-state index contributed by atoms with van der Waals surface area (Å²) in [5.41, 5.74) is 1.38. The van der Waals surface area contributed by atoms with Crippen molar-refractivity contribution in [1.82, 2.24) is 15.5 Å². The molecular formula is C22H24ClFN4O2. The monoisotopic (exact) mass is 430 g/mol. The minimum absolute atomic E-state index is 0.0269. The van der Waals surface area contributed by atoms with Crippen LogP contribution in [0.4, 0.5) is 10.1 Å². The topological polar surface area (TPSA) is 71.3 Å². The standard InChI is InChI=1S/C22H24ClFN4O2/c1-28(19-7-3-2-6-18(19)24)15-5-14-25-20(29)8-4-9-21-26-22(27-30-21)16-10-12-17(23)13-11-16/h2-3,6-7,10-13H,4-5,8-9,14-15H2,1H3,(H,25,29). The molecule has 0 radical (unpaired) electrons. The first kappa shape index (κ1) is 21.8. The van der Waals surface area contributed by atoms with E-state index in [0.717, 1.165) is 12.0 Å². The number of halogens is 2. The third-order valence-electron chi connectivity index (χ3n) is 4.62. The van der Waals surface area contributed by atoms with Crippen molar-refractivity contribution >= 4 is 23.2 Å². The molecule has 1 N–H and O–H groups in total. The number of amides is 1. The molecule has 1 heterocycles. The molecule has 0 bridgehead atoms. The van der Waals surface area contributed by atoms with Crippen molar-refractivity contribution in [2.45, 2.75) is 25.7 Å². The zero-order valence-electron chi connectivity index (χ0n) is 16.8. The van der Waals surface area contributed by atoms with Gasteiger partial charge in [0, 0.05) is 43.6 Å². The number of benzene rings is 2. The van der Waals surface area contributed by atoms with Gasteiger partial charge in [-0.2, -0.15) is 4.98 Å². The molecule has 3 rings (SSSR count). The highest BCUT2D eigenvalue weighted by atomic mass is 35.5. The number of aromatic nitrogens is 2. The lowest BCUT2D eigenvalue weighted by Crippen LogP contribution is -2.28.